The van der Waals surface area contributed by atoms with Crippen LogP contribution in [-0.4, -0.2) is 33.5 Å². The van der Waals surface area contributed by atoms with E-state index in [0.29, 0.717) is 28.3 Å². The highest BCUT2D eigenvalue weighted by molar-refractivity contribution is 7.99. The molecule has 0 fully saturated rings. The van der Waals surface area contributed by atoms with Gasteiger partial charge in [0.2, 0.25) is 5.91 Å². The van der Waals surface area contributed by atoms with Crippen LogP contribution in [0.15, 0.2) is 60.3 Å². The Morgan fingerprint density at radius 2 is 2.10 bits per heavy atom. The molecule has 6 nitrogen and oxygen atoms in total. The van der Waals surface area contributed by atoms with Crippen LogP contribution < -0.4 is 10.1 Å². The van der Waals surface area contributed by atoms with Crippen LogP contribution in [0.5, 0.6) is 5.75 Å². The number of methoxy groups -OCH3 is 1. The maximum atomic E-state index is 12.4. The third-order valence-electron chi connectivity index (χ3n) is 4.17. The van der Waals surface area contributed by atoms with Gasteiger partial charge in [0.25, 0.3) is 0 Å². The molecule has 0 saturated heterocycles. The second-order valence-corrected chi connectivity index (χ2v) is 7.58. The number of aromatic nitrogens is 3. The lowest BCUT2D eigenvalue weighted by Crippen LogP contribution is -2.15. The SMILES string of the molecule is C=CCn1c(SCC(=O)Nc2ccc(Cl)cc2C)nnc1-c1ccccc1OC. The summed E-state index contributed by atoms with van der Waals surface area (Å²) in [6, 6.07) is 13.0. The Bertz CT molecular complexity index is 1040. The number of hydrogen-bond donors (Lipinski definition) is 1. The molecule has 0 spiro atoms. The summed E-state index contributed by atoms with van der Waals surface area (Å²) in [5.74, 6) is 1.44. The third-order valence-corrected chi connectivity index (χ3v) is 5.37. The third kappa shape index (κ3) is 4.99. The van der Waals surface area contributed by atoms with Gasteiger partial charge in [-0.3, -0.25) is 9.36 Å². The monoisotopic (exact) mass is 428 g/mol. The maximum Gasteiger partial charge on any atom is 0.234 e. The zero-order valence-electron chi connectivity index (χ0n) is 16.2. The molecule has 0 bridgehead atoms. The van der Waals surface area contributed by atoms with Gasteiger partial charge in [-0.05, 0) is 42.8 Å². The van der Waals surface area contributed by atoms with E-state index < -0.39 is 0 Å². The molecule has 1 heterocycles. The summed E-state index contributed by atoms with van der Waals surface area (Å²) in [6.45, 7) is 6.23. The summed E-state index contributed by atoms with van der Waals surface area (Å²) in [7, 11) is 1.62. The van der Waals surface area contributed by atoms with Crippen molar-refractivity contribution in [3.8, 4) is 17.1 Å². The number of allylic oxidation sites excluding steroid dienone is 1. The fourth-order valence-electron chi connectivity index (χ4n) is 2.80. The lowest BCUT2D eigenvalue weighted by atomic mass is 10.2. The Kier molecular flexibility index (Phi) is 6.95. The number of halogens is 1. The van der Waals surface area contributed by atoms with E-state index in [9.17, 15) is 4.79 Å². The lowest BCUT2D eigenvalue weighted by Gasteiger charge is -2.11. The minimum Gasteiger partial charge on any atom is -0.496 e. The second kappa shape index (κ2) is 9.62. The molecule has 1 aromatic heterocycles. The average Bonchev–Trinajstić information content (AvgIpc) is 3.11. The summed E-state index contributed by atoms with van der Waals surface area (Å²) < 4.78 is 7.35. The number of aryl methyl sites for hydroxylation is 1. The predicted molar refractivity (Wildman–Crippen MR) is 118 cm³/mol. The number of hydrogen-bond acceptors (Lipinski definition) is 5. The van der Waals surface area contributed by atoms with Gasteiger partial charge in [0.15, 0.2) is 11.0 Å². The highest BCUT2D eigenvalue weighted by Gasteiger charge is 2.17. The Hall–Kier alpha value is -2.77. The molecule has 3 aromatic rings. The van der Waals surface area contributed by atoms with E-state index in [0.717, 1.165) is 16.8 Å². The van der Waals surface area contributed by atoms with E-state index in [2.05, 4.69) is 22.1 Å². The summed E-state index contributed by atoms with van der Waals surface area (Å²) in [5.41, 5.74) is 2.48. The minimum absolute atomic E-state index is 0.132. The molecule has 0 unspecified atom stereocenters. The largest absolute Gasteiger partial charge is 0.496 e. The first-order valence-electron chi connectivity index (χ1n) is 8.89. The van der Waals surface area contributed by atoms with Crippen molar-refractivity contribution in [1.82, 2.24) is 14.8 Å². The van der Waals surface area contributed by atoms with Crippen LogP contribution in [0, 0.1) is 6.92 Å². The standard InChI is InChI=1S/C21H21ClN4O2S/c1-4-11-26-20(16-7-5-6-8-18(16)28-3)24-25-21(26)29-13-19(27)23-17-10-9-15(22)12-14(17)2/h4-10,12H,1,11,13H2,2-3H3,(H,23,27). The Morgan fingerprint density at radius 3 is 2.83 bits per heavy atom. The molecular weight excluding hydrogens is 408 g/mol. The number of nitrogens with zero attached hydrogens (tertiary/aromatic N) is 3. The van der Waals surface area contributed by atoms with Crippen LogP contribution in [-0.2, 0) is 11.3 Å². The molecular formula is C21H21ClN4O2S. The van der Waals surface area contributed by atoms with Crippen molar-refractivity contribution in [2.75, 3.05) is 18.2 Å². The number of thioether (sulfide) groups is 1. The van der Waals surface area contributed by atoms with Crippen LogP contribution in [0.1, 0.15) is 5.56 Å². The van der Waals surface area contributed by atoms with Crippen molar-refractivity contribution in [2.45, 2.75) is 18.6 Å². The summed E-state index contributed by atoms with van der Waals surface area (Å²) in [5, 5.41) is 12.8. The second-order valence-electron chi connectivity index (χ2n) is 6.20. The van der Waals surface area contributed by atoms with Gasteiger partial charge in [0.05, 0.1) is 18.4 Å². The van der Waals surface area contributed by atoms with Crippen LogP contribution in [0.25, 0.3) is 11.4 Å². The van der Waals surface area contributed by atoms with Gasteiger partial charge in [-0.25, -0.2) is 0 Å². The molecule has 0 aliphatic rings. The van der Waals surface area contributed by atoms with E-state index >= 15 is 0 Å². The number of nitrogens with one attached hydrogen (secondary N) is 1. The van der Waals surface area contributed by atoms with Crippen molar-refractivity contribution < 1.29 is 9.53 Å². The molecule has 0 aliphatic carbocycles. The first-order valence-corrected chi connectivity index (χ1v) is 10.3. The fraction of sp³-hybridized carbons (Fsp3) is 0.190. The summed E-state index contributed by atoms with van der Waals surface area (Å²) in [6.07, 6.45) is 1.77. The van der Waals surface area contributed by atoms with E-state index in [1.54, 1.807) is 25.3 Å². The predicted octanol–water partition coefficient (Wildman–Crippen LogP) is 4.83. The van der Waals surface area contributed by atoms with Gasteiger partial charge in [-0.15, -0.1) is 16.8 Å². The first kappa shape index (κ1) is 21.0. The summed E-state index contributed by atoms with van der Waals surface area (Å²) >= 11 is 7.28. The fourth-order valence-corrected chi connectivity index (χ4v) is 3.78. The molecule has 0 saturated carbocycles. The number of amides is 1. The van der Waals surface area contributed by atoms with Gasteiger partial charge >= 0.3 is 0 Å². The first-order chi connectivity index (χ1) is 14.0. The maximum absolute atomic E-state index is 12.4. The molecule has 1 amide bonds. The van der Waals surface area contributed by atoms with Crippen molar-refractivity contribution in [2.24, 2.45) is 0 Å². The van der Waals surface area contributed by atoms with Crippen molar-refractivity contribution in [1.29, 1.82) is 0 Å². The highest BCUT2D eigenvalue weighted by atomic mass is 35.5. The van der Waals surface area contributed by atoms with Gasteiger partial charge in [0, 0.05) is 17.3 Å². The number of para-hydroxylation sites is 1. The molecule has 0 aliphatic heterocycles. The Morgan fingerprint density at radius 1 is 1.31 bits per heavy atom. The molecule has 150 valence electrons. The van der Waals surface area contributed by atoms with Crippen molar-refractivity contribution >= 4 is 35.0 Å². The lowest BCUT2D eigenvalue weighted by molar-refractivity contribution is -0.113. The number of carbonyl (C=O) groups is 1. The van der Waals surface area contributed by atoms with Gasteiger partial charge in [-0.1, -0.05) is 41.6 Å². The Balaban J connectivity index is 1.76. The zero-order valence-corrected chi connectivity index (χ0v) is 17.8. The van der Waals surface area contributed by atoms with E-state index in [4.69, 9.17) is 16.3 Å². The molecule has 29 heavy (non-hydrogen) atoms. The molecule has 8 heteroatoms. The van der Waals surface area contributed by atoms with E-state index in [1.165, 1.54) is 11.8 Å². The zero-order chi connectivity index (χ0) is 20.8. The average molecular weight is 429 g/mol. The van der Waals surface area contributed by atoms with Crippen LogP contribution in [0.2, 0.25) is 5.02 Å². The van der Waals surface area contributed by atoms with Crippen molar-refractivity contribution in [3.05, 3.63) is 65.7 Å². The van der Waals surface area contributed by atoms with Gasteiger partial charge in [0.1, 0.15) is 5.75 Å². The van der Waals surface area contributed by atoms with Crippen LogP contribution >= 0.6 is 23.4 Å². The number of carbonyl (C=O) groups excluding carboxylic acids is 1. The molecule has 0 radical (unpaired) electrons. The van der Waals surface area contributed by atoms with Crippen molar-refractivity contribution in [3.63, 3.8) is 0 Å². The number of benzene rings is 2. The van der Waals surface area contributed by atoms with Crippen LogP contribution in [0.4, 0.5) is 5.69 Å². The quantitative estimate of drug-likeness (QED) is 0.411. The van der Waals surface area contributed by atoms with Gasteiger partial charge in [-0.2, -0.15) is 0 Å². The Labute approximate surface area is 178 Å². The minimum atomic E-state index is -0.132. The topological polar surface area (TPSA) is 69.0 Å². The number of ether oxygens (including phenoxy) is 1. The van der Waals surface area contributed by atoms with E-state index in [-0.39, 0.29) is 11.7 Å². The van der Waals surface area contributed by atoms with E-state index in [1.807, 2.05) is 41.8 Å². The number of rotatable bonds is 8. The molecule has 0 atom stereocenters. The normalized spacial score (nSPS) is 10.6. The molecule has 3 rings (SSSR count). The van der Waals surface area contributed by atoms with Gasteiger partial charge < -0.3 is 10.1 Å². The molecule has 2 aromatic carbocycles. The highest BCUT2D eigenvalue weighted by Crippen LogP contribution is 2.31. The number of anilines is 1. The smallest absolute Gasteiger partial charge is 0.234 e. The molecule has 1 N–H and O–H groups in total. The summed E-state index contributed by atoms with van der Waals surface area (Å²) in [4.78, 5) is 12.4. The van der Waals surface area contributed by atoms with Crippen LogP contribution in [0.3, 0.4) is 0 Å².